The van der Waals surface area contributed by atoms with Crippen LogP contribution < -0.4 is 19.9 Å². The number of nitrogens with one attached hydrogen (secondary N) is 1. The summed E-state index contributed by atoms with van der Waals surface area (Å²) in [5.41, 5.74) is -0.286. The lowest BCUT2D eigenvalue weighted by molar-refractivity contribution is 0.0775. The van der Waals surface area contributed by atoms with Gasteiger partial charge in [-0.1, -0.05) is 0 Å². The molecular weight excluding hydrogens is 367 g/mol. The number of ether oxygens (including phenoxy) is 2. The Morgan fingerprint density at radius 2 is 2.11 bits per heavy atom. The zero-order valence-electron chi connectivity index (χ0n) is 16.2. The lowest BCUT2D eigenvalue weighted by atomic mass is 10.2. The normalized spacial score (nSPS) is 18.8. The van der Waals surface area contributed by atoms with Gasteiger partial charge in [-0.05, 0) is 6.07 Å². The molecule has 3 heterocycles. The Kier molecular flexibility index (Phi) is 5.88. The molecule has 3 rings (SSSR count). The SMILES string of the molecule is COc1cnc(C(=O)N[C@H]2CN(c3ccnc(N(C)C)n3)C[C@H]2OC)c(F)c1. The number of rotatable bonds is 6. The van der Waals surface area contributed by atoms with Crippen molar-refractivity contribution >= 4 is 17.7 Å². The molecule has 1 saturated heterocycles. The highest BCUT2D eigenvalue weighted by Crippen LogP contribution is 2.22. The van der Waals surface area contributed by atoms with Crippen LogP contribution in [0.2, 0.25) is 0 Å². The van der Waals surface area contributed by atoms with E-state index in [2.05, 4.69) is 20.3 Å². The Balaban J connectivity index is 1.74. The van der Waals surface area contributed by atoms with Gasteiger partial charge in [0, 0.05) is 46.6 Å². The molecule has 1 fully saturated rings. The van der Waals surface area contributed by atoms with Crippen molar-refractivity contribution in [1.29, 1.82) is 0 Å². The van der Waals surface area contributed by atoms with Gasteiger partial charge < -0.3 is 24.6 Å². The van der Waals surface area contributed by atoms with E-state index >= 15 is 0 Å². The smallest absolute Gasteiger partial charge is 0.273 e. The molecule has 0 bridgehead atoms. The number of amides is 1. The number of hydrogen-bond donors (Lipinski definition) is 1. The fraction of sp³-hybridized carbons (Fsp3) is 0.444. The van der Waals surface area contributed by atoms with Gasteiger partial charge >= 0.3 is 0 Å². The van der Waals surface area contributed by atoms with Crippen molar-refractivity contribution in [3.63, 3.8) is 0 Å². The number of anilines is 2. The summed E-state index contributed by atoms with van der Waals surface area (Å²) < 4.78 is 24.6. The summed E-state index contributed by atoms with van der Waals surface area (Å²) in [6, 6.07) is 2.58. The van der Waals surface area contributed by atoms with Gasteiger partial charge in [-0.25, -0.2) is 14.4 Å². The number of pyridine rings is 1. The number of hydrogen-bond acceptors (Lipinski definition) is 8. The molecule has 0 unspecified atom stereocenters. The maximum Gasteiger partial charge on any atom is 0.273 e. The Bertz CT molecular complexity index is 850. The van der Waals surface area contributed by atoms with Crippen molar-refractivity contribution in [2.75, 3.05) is 51.2 Å². The highest BCUT2D eigenvalue weighted by Gasteiger charge is 2.35. The number of methoxy groups -OCH3 is 2. The molecule has 1 amide bonds. The number of aromatic nitrogens is 3. The summed E-state index contributed by atoms with van der Waals surface area (Å²) in [7, 11) is 6.70. The monoisotopic (exact) mass is 390 g/mol. The minimum Gasteiger partial charge on any atom is -0.495 e. The molecule has 0 spiro atoms. The van der Waals surface area contributed by atoms with Crippen LogP contribution in [0.25, 0.3) is 0 Å². The molecule has 2 aromatic rings. The first-order chi connectivity index (χ1) is 13.4. The van der Waals surface area contributed by atoms with Crippen LogP contribution >= 0.6 is 0 Å². The first-order valence-electron chi connectivity index (χ1n) is 8.71. The first-order valence-corrected chi connectivity index (χ1v) is 8.71. The third kappa shape index (κ3) is 4.11. The van der Waals surface area contributed by atoms with Crippen molar-refractivity contribution in [3.05, 3.63) is 36.0 Å². The van der Waals surface area contributed by atoms with Crippen LogP contribution in [-0.4, -0.2) is 74.4 Å². The van der Waals surface area contributed by atoms with Gasteiger partial charge in [0.2, 0.25) is 5.95 Å². The van der Waals surface area contributed by atoms with Gasteiger partial charge in [-0.3, -0.25) is 4.79 Å². The molecule has 0 saturated carbocycles. The fourth-order valence-electron chi connectivity index (χ4n) is 3.01. The molecule has 0 aliphatic carbocycles. The Hall–Kier alpha value is -3.01. The van der Waals surface area contributed by atoms with E-state index < -0.39 is 11.7 Å². The van der Waals surface area contributed by atoms with Crippen LogP contribution in [0.15, 0.2) is 24.5 Å². The molecule has 0 aromatic carbocycles. The molecule has 1 aliphatic heterocycles. The maximum atomic E-state index is 14.1. The standard InChI is InChI=1S/C18H23FN6O3/c1-24(2)18-20-6-5-15(23-18)25-9-13(14(10-25)28-4)22-17(26)16-12(19)7-11(27-3)8-21-16/h5-8,13-14H,9-10H2,1-4H3,(H,22,26)/t13-,14+/m0/s1. The second kappa shape index (κ2) is 8.34. The molecular formula is C18H23FN6O3. The highest BCUT2D eigenvalue weighted by molar-refractivity contribution is 5.93. The zero-order chi connectivity index (χ0) is 20.3. The third-order valence-corrected chi connectivity index (χ3v) is 4.50. The number of halogens is 1. The van der Waals surface area contributed by atoms with Crippen molar-refractivity contribution in [2.45, 2.75) is 12.1 Å². The molecule has 9 nitrogen and oxygen atoms in total. The second-order valence-corrected chi connectivity index (χ2v) is 6.57. The van der Waals surface area contributed by atoms with Gasteiger partial charge in [0.25, 0.3) is 5.91 Å². The highest BCUT2D eigenvalue weighted by atomic mass is 19.1. The average Bonchev–Trinajstić information content (AvgIpc) is 3.10. The predicted octanol–water partition coefficient (Wildman–Crippen LogP) is 0.719. The first kappa shape index (κ1) is 19.7. The Morgan fingerprint density at radius 1 is 1.32 bits per heavy atom. The van der Waals surface area contributed by atoms with Gasteiger partial charge in [-0.2, -0.15) is 4.98 Å². The summed E-state index contributed by atoms with van der Waals surface area (Å²) >= 11 is 0. The van der Waals surface area contributed by atoms with Crippen LogP contribution in [0.5, 0.6) is 5.75 Å². The van der Waals surface area contributed by atoms with E-state index in [1.807, 2.05) is 23.9 Å². The molecule has 1 aliphatic rings. The van der Waals surface area contributed by atoms with Gasteiger partial charge in [0.05, 0.1) is 25.5 Å². The van der Waals surface area contributed by atoms with Crippen LogP contribution in [0.1, 0.15) is 10.5 Å². The van der Waals surface area contributed by atoms with E-state index in [4.69, 9.17) is 9.47 Å². The fourth-order valence-corrected chi connectivity index (χ4v) is 3.01. The molecule has 28 heavy (non-hydrogen) atoms. The maximum absolute atomic E-state index is 14.1. The lowest BCUT2D eigenvalue weighted by Gasteiger charge is -2.19. The van der Waals surface area contributed by atoms with Crippen LogP contribution in [0.4, 0.5) is 16.2 Å². The minimum absolute atomic E-state index is 0.247. The van der Waals surface area contributed by atoms with Gasteiger partial charge in [0.15, 0.2) is 11.5 Å². The number of carbonyl (C=O) groups is 1. The summed E-state index contributed by atoms with van der Waals surface area (Å²) in [5.74, 6) is 0.212. The number of carbonyl (C=O) groups excluding carboxylic acids is 1. The second-order valence-electron chi connectivity index (χ2n) is 6.57. The van der Waals surface area contributed by atoms with Crippen LogP contribution in [0.3, 0.4) is 0 Å². The van der Waals surface area contributed by atoms with E-state index in [0.29, 0.717) is 19.0 Å². The van der Waals surface area contributed by atoms with Crippen LogP contribution in [0, 0.1) is 5.82 Å². The minimum atomic E-state index is -0.743. The van der Waals surface area contributed by atoms with E-state index in [1.54, 1.807) is 19.4 Å². The van der Waals surface area contributed by atoms with E-state index in [0.717, 1.165) is 11.9 Å². The van der Waals surface area contributed by atoms with Crippen molar-refractivity contribution < 1.29 is 18.7 Å². The topological polar surface area (TPSA) is 92.7 Å². The quantitative estimate of drug-likeness (QED) is 0.771. The molecule has 2 aromatic heterocycles. The summed E-state index contributed by atoms with van der Waals surface area (Å²) in [6.45, 7) is 0.996. The number of nitrogens with zero attached hydrogens (tertiary/aromatic N) is 5. The summed E-state index contributed by atoms with van der Waals surface area (Å²) in [6.07, 6.45) is 2.71. The van der Waals surface area contributed by atoms with E-state index in [1.165, 1.54) is 13.3 Å². The van der Waals surface area contributed by atoms with Gasteiger partial charge in [0.1, 0.15) is 11.6 Å². The molecule has 150 valence electrons. The zero-order valence-corrected chi connectivity index (χ0v) is 16.2. The lowest BCUT2D eigenvalue weighted by Crippen LogP contribution is -2.44. The predicted molar refractivity (Wildman–Crippen MR) is 101 cm³/mol. The van der Waals surface area contributed by atoms with Crippen molar-refractivity contribution in [2.24, 2.45) is 0 Å². The average molecular weight is 390 g/mol. The van der Waals surface area contributed by atoms with E-state index in [-0.39, 0.29) is 23.6 Å². The van der Waals surface area contributed by atoms with Crippen molar-refractivity contribution in [1.82, 2.24) is 20.3 Å². The molecule has 0 radical (unpaired) electrons. The Labute approximate surface area is 162 Å². The summed E-state index contributed by atoms with van der Waals surface area (Å²) in [5, 5.41) is 2.81. The van der Waals surface area contributed by atoms with E-state index in [9.17, 15) is 9.18 Å². The molecule has 10 heteroatoms. The Morgan fingerprint density at radius 3 is 2.75 bits per heavy atom. The molecule has 1 N–H and O–H groups in total. The molecule has 2 atom stereocenters. The largest absolute Gasteiger partial charge is 0.495 e. The summed E-state index contributed by atoms with van der Waals surface area (Å²) in [4.78, 5) is 28.9. The van der Waals surface area contributed by atoms with Gasteiger partial charge in [-0.15, -0.1) is 0 Å². The van der Waals surface area contributed by atoms with Crippen molar-refractivity contribution in [3.8, 4) is 5.75 Å². The van der Waals surface area contributed by atoms with Crippen LogP contribution in [-0.2, 0) is 4.74 Å². The third-order valence-electron chi connectivity index (χ3n) is 4.50.